The molecule has 1 aromatic carbocycles. The molecule has 1 aromatic rings. The zero-order valence-corrected chi connectivity index (χ0v) is 15.4. The number of hydrogen-bond donors (Lipinski definition) is 2. The molecule has 1 fully saturated rings. The third kappa shape index (κ3) is 4.32. The average Bonchev–Trinajstić information content (AvgIpc) is 3.02. The summed E-state index contributed by atoms with van der Waals surface area (Å²) in [6.07, 6.45) is 0.391. The minimum Gasteiger partial charge on any atom is -0.486 e. The first kappa shape index (κ1) is 19.0. The van der Waals surface area contributed by atoms with Crippen molar-refractivity contribution in [2.45, 2.75) is 32.7 Å². The average molecular weight is 376 g/mol. The molecule has 146 valence electrons. The molecule has 0 bridgehead atoms. The Bertz CT molecular complexity index is 748. The van der Waals surface area contributed by atoms with Crippen molar-refractivity contribution < 1.29 is 29.0 Å². The molecule has 1 unspecified atom stereocenters. The van der Waals surface area contributed by atoms with Crippen molar-refractivity contribution in [3.05, 3.63) is 18.2 Å². The molecule has 0 saturated carbocycles. The highest BCUT2D eigenvalue weighted by Gasteiger charge is 2.37. The lowest BCUT2D eigenvalue weighted by Gasteiger charge is -2.22. The second-order valence-electron chi connectivity index (χ2n) is 7.26. The highest BCUT2D eigenvalue weighted by molar-refractivity contribution is 6.01. The highest BCUT2D eigenvalue weighted by atomic mass is 16.6. The number of carboxylic acid groups (broad SMARTS) is 1. The Labute approximate surface area is 157 Å². The smallest absolute Gasteiger partial charge is 0.326 e. The second kappa shape index (κ2) is 7.85. The van der Waals surface area contributed by atoms with Gasteiger partial charge in [-0.15, -0.1) is 0 Å². The minimum atomic E-state index is -1.06. The summed E-state index contributed by atoms with van der Waals surface area (Å²) in [6.45, 7) is 4.92. The quantitative estimate of drug-likeness (QED) is 0.778. The van der Waals surface area contributed by atoms with E-state index in [1.807, 2.05) is 13.8 Å². The molecule has 0 radical (unpaired) electrons. The van der Waals surface area contributed by atoms with Gasteiger partial charge >= 0.3 is 5.97 Å². The Morgan fingerprint density at radius 3 is 2.63 bits per heavy atom. The fourth-order valence-electron chi connectivity index (χ4n) is 3.32. The lowest BCUT2D eigenvalue weighted by Crippen LogP contribution is -2.44. The van der Waals surface area contributed by atoms with E-state index in [-0.39, 0.29) is 24.8 Å². The van der Waals surface area contributed by atoms with Crippen molar-refractivity contribution in [2.24, 2.45) is 11.8 Å². The molecule has 0 aromatic heterocycles. The summed E-state index contributed by atoms with van der Waals surface area (Å²) in [5, 5.41) is 11.9. The zero-order chi connectivity index (χ0) is 19.6. The van der Waals surface area contributed by atoms with Crippen LogP contribution in [0.4, 0.5) is 5.69 Å². The van der Waals surface area contributed by atoms with Crippen LogP contribution >= 0.6 is 0 Å². The molecule has 2 aliphatic heterocycles. The number of hydrogen-bond acceptors (Lipinski definition) is 5. The van der Waals surface area contributed by atoms with E-state index < -0.39 is 23.8 Å². The third-order valence-electron chi connectivity index (χ3n) is 4.65. The molecule has 2 N–H and O–H groups in total. The van der Waals surface area contributed by atoms with Crippen molar-refractivity contribution in [3.63, 3.8) is 0 Å². The fourth-order valence-corrected chi connectivity index (χ4v) is 3.32. The van der Waals surface area contributed by atoms with Gasteiger partial charge in [-0.2, -0.15) is 0 Å². The highest BCUT2D eigenvalue weighted by Crippen LogP contribution is 2.36. The summed E-state index contributed by atoms with van der Waals surface area (Å²) in [5.74, 6) is -0.902. The van der Waals surface area contributed by atoms with Crippen LogP contribution in [-0.2, 0) is 14.4 Å². The normalized spacial score (nSPS) is 19.9. The summed E-state index contributed by atoms with van der Waals surface area (Å²) < 4.78 is 11.0. The molecule has 2 amide bonds. The van der Waals surface area contributed by atoms with E-state index in [0.29, 0.717) is 36.8 Å². The van der Waals surface area contributed by atoms with E-state index >= 15 is 0 Å². The maximum absolute atomic E-state index is 12.5. The number of nitrogens with zero attached hydrogens (tertiary/aromatic N) is 1. The summed E-state index contributed by atoms with van der Waals surface area (Å²) in [6, 6.07) is 4.28. The molecule has 8 nitrogen and oxygen atoms in total. The van der Waals surface area contributed by atoms with Crippen LogP contribution in [0, 0.1) is 11.8 Å². The summed E-state index contributed by atoms with van der Waals surface area (Å²) in [5.41, 5.74) is 0.636. The van der Waals surface area contributed by atoms with Crippen molar-refractivity contribution in [2.75, 3.05) is 24.7 Å². The number of carbonyl (C=O) groups excluding carboxylic acids is 2. The Kier molecular flexibility index (Phi) is 5.53. The standard InChI is InChI=1S/C19H24N2O6/c1-11(2)7-14(19(24)25)20-18(23)12-8-17(22)21(10-12)13-3-4-15-16(9-13)27-6-5-26-15/h3-4,9,11-12,14H,5-8,10H2,1-2H3,(H,20,23)(H,24,25)/t12?,14-/m0/s1. The second-order valence-corrected chi connectivity index (χ2v) is 7.26. The van der Waals surface area contributed by atoms with Crippen molar-refractivity contribution in [1.29, 1.82) is 0 Å². The van der Waals surface area contributed by atoms with Gasteiger partial charge in [0.25, 0.3) is 0 Å². The zero-order valence-electron chi connectivity index (χ0n) is 15.4. The number of amides is 2. The van der Waals surface area contributed by atoms with Gasteiger partial charge in [-0.1, -0.05) is 13.8 Å². The number of carbonyl (C=O) groups is 3. The first-order chi connectivity index (χ1) is 12.8. The lowest BCUT2D eigenvalue weighted by atomic mass is 10.0. The van der Waals surface area contributed by atoms with Crippen molar-refractivity contribution in [3.8, 4) is 11.5 Å². The van der Waals surface area contributed by atoms with E-state index in [0.717, 1.165) is 0 Å². The van der Waals surface area contributed by atoms with E-state index in [9.17, 15) is 19.5 Å². The molecular weight excluding hydrogens is 352 g/mol. The van der Waals surface area contributed by atoms with Gasteiger partial charge in [0.1, 0.15) is 19.3 Å². The SMILES string of the molecule is CC(C)C[C@H](NC(=O)C1CC(=O)N(c2ccc3c(c2)OCCO3)C1)C(=O)O. The van der Waals surface area contributed by atoms with Crippen LogP contribution in [0.3, 0.4) is 0 Å². The van der Waals surface area contributed by atoms with Gasteiger partial charge in [-0.25, -0.2) is 4.79 Å². The van der Waals surface area contributed by atoms with Crippen LogP contribution in [-0.4, -0.2) is 48.7 Å². The molecule has 0 spiro atoms. The molecular formula is C19H24N2O6. The maximum atomic E-state index is 12.5. The lowest BCUT2D eigenvalue weighted by molar-refractivity contribution is -0.142. The van der Waals surface area contributed by atoms with E-state index in [2.05, 4.69) is 5.32 Å². The first-order valence-corrected chi connectivity index (χ1v) is 9.08. The predicted molar refractivity (Wildman–Crippen MR) is 96.9 cm³/mol. The number of carboxylic acids is 1. The van der Waals surface area contributed by atoms with Gasteiger partial charge < -0.3 is 24.8 Å². The van der Waals surface area contributed by atoms with Crippen molar-refractivity contribution in [1.82, 2.24) is 5.32 Å². The number of benzene rings is 1. The first-order valence-electron chi connectivity index (χ1n) is 9.08. The number of anilines is 1. The third-order valence-corrected chi connectivity index (χ3v) is 4.65. The van der Waals surface area contributed by atoms with E-state index in [1.54, 1.807) is 18.2 Å². The molecule has 1 saturated heterocycles. The molecule has 0 aliphatic carbocycles. The van der Waals surface area contributed by atoms with Gasteiger partial charge in [-0.3, -0.25) is 9.59 Å². The van der Waals surface area contributed by atoms with Gasteiger partial charge in [-0.05, 0) is 24.5 Å². The molecule has 2 heterocycles. The Balaban J connectivity index is 1.68. The van der Waals surface area contributed by atoms with E-state index in [4.69, 9.17) is 9.47 Å². The van der Waals surface area contributed by atoms with Gasteiger partial charge in [0.15, 0.2) is 11.5 Å². The maximum Gasteiger partial charge on any atom is 0.326 e. The van der Waals surface area contributed by atoms with Crippen LogP contribution in [0.2, 0.25) is 0 Å². The predicted octanol–water partition coefficient (Wildman–Crippen LogP) is 1.43. The van der Waals surface area contributed by atoms with Crippen LogP contribution < -0.4 is 19.7 Å². The molecule has 8 heteroatoms. The Morgan fingerprint density at radius 1 is 1.26 bits per heavy atom. The number of aliphatic carboxylic acids is 1. The Hall–Kier alpha value is -2.77. The molecule has 27 heavy (non-hydrogen) atoms. The summed E-state index contributed by atoms with van der Waals surface area (Å²) in [4.78, 5) is 37.8. The van der Waals surface area contributed by atoms with Crippen LogP contribution in [0.5, 0.6) is 11.5 Å². The van der Waals surface area contributed by atoms with Crippen molar-refractivity contribution >= 4 is 23.5 Å². The number of ether oxygens (including phenoxy) is 2. The number of nitrogens with one attached hydrogen (secondary N) is 1. The van der Waals surface area contributed by atoms with Crippen LogP contribution in [0.1, 0.15) is 26.7 Å². The fraction of sp³-hybridized carbons (Fsp3) is 0.526. The largest absolute Gasteiger partial charge is 0.486 e. The topological polar surface area (TPSA) is 105 Å². The number of fused-ring (bicyclic) bond motifs is 1. The van der Waals surface area contributed by atoms with Crippen LogP contribution in [0.15, 0.2) is 18.2 Å². The van der Waals surface area contributed by atoms with Gasteiger partial charge in [0.2, 0.25) is 11.8 Å². The summed E-state index contributed by atoms with van der Waals surface area (Å²) in [7, 11) is 0. The summed E-state index contributed by atoms with van der Waals surface area (Å²) >= 11 is 0. The monoisotopic (exact) mass is 376 g/mol. The van der Waals surface area contributed by atoms with Gasteiger partial charge in [0.05, 0.1) is 5.92 Å². The minimum absolute atomic E-state index is 0.0499. The van der Waals surface area contributed by atoms with Gasteiger partial charge in [0, 0.05) is 24.7 Å². The van der Waals surface area contributed by atoms with E-state index in [1.165, 1.54) is 4.90 Å². The van der Waals surface area contributed by atoms with Crippen LogP contribution in [0.25, 0.3) is 0 Å². The Morgan fingerprint density at radius 2 is 1.96 bits per heavy atom. The molecule has 2 atom stereocenters. The number of rotatable bonds is 6. The molecule has 2 aliphatic rings. The molecule has 3 rings (SSSR count).